The van der Waals surface area contributed by atoms with Crippen molar-refractivity contribution in [3.05, 3.63) is 54.1 Å². The third-order valence-corrected chi connectivity index (χ3v) is 6.05. The largest absolute Gasteiger partial charge is 0.309 e. The second-order valence-corrected chi connectivity index (χ2v) is 8.87. The van der Waals surface area contributed by atoms with Crippen molar-refractivity contribution in [2.24, 2.45) is 0 Å². The van der Waals surface area contributed by atoms with Crippen LogP contribution in [0.2, 0.25) is 0 Å². The maximum atomic E-state index is 12.8. The van der Waals surface area contributed by atoms with E-state index in [4.69, 9.17) is 0 Å². The van der Waals surface area contributed by atoms with Crippen LogP contribution < -0.4 is 5.32 Å². The molecule has 0 atom stereocenters. The minimum absolute atomic E-state index is 0.111. The molecule has 0 aliphatic rings. The third kappa shape index (κ3) is 4.83. The van der Waals surface area contributed by atoms with Crippen molar-refractivity contribution in [2.75, 3.05) is 31.2 Å². The van der Waals surface area contributed by atoms with Gasteiger partial charge in [-0.2, -0.15) is 0 Å². The number of carbonyl (C=O) groups excluding carboxylic acids is 1. The van der Waals surface area contributed by atoms with Crippen LogP contribution in [0.15, 0.2) is 53.4 Å². The first-order chi connectivity index (χ1) is 13.8. The molecule has 1 aromatic heterocycles. The number of carbonyl (C=O) groups is 1. The number of imidazole rings is 1. The van der Waals surface area contributed by atoms with Crippen molar-refractivity contribution < 1.29 is 13.2 Å². The van der Waals surface area contributed by atoms with Gasteiger partial charge >= 0.3 is 0 Å². The molecule has 0 saturated carbocycles. The average Bonchev–Trinajstić information content (AvgIpc) is 3.05. The van der Waals surface area contributed by atoms with Crippen LogP contribution in [0.4, 0.5) is 5.95 Å². The van der Waals surface area contributed by atoms with Crippen molar-refractivity contribution in [1.82, 2.24) is 14.5 Å². The van der Waals surface area contributed by atoms with Crippen molar-refractivity contribution in [3.8, 4) is 0 Å². The van der Waals surface area contributed by atoms with Gasteiger partial charge in [-0.1, -0.05) is 32.0 Å². The maximum absolute atomic E-state index is 12.8. The number of hydrogen-bond donors (Lipinski definition) is 1. The highest BCUT2D eigenvalue weighted by Gasteiger charge is 2.16. The number of nitrogens with one attached hydrogen (secondary N) is 1. The molecule has 0 fully saturated rings. The second kappa shape index (κ2) is 8.75. The molecule has 0 aliphatic heterocycles. The SMILES string of the molecule is CCN(CC)CCn1c(NC(=O)c2cccc(S(C)(=O)=O)c2)nc2ccccc21. The first-order valence-corrected chi connectivity index (χ1v) is 11.5. The number of amides is 1. The summed E-state index contributed by atoms with van der Waals surface area (Å²) in [5.41, 5.74) is 2.02. The van der Waals surface area contributed by atoms with Crippen LogP contribution >= 0.6 is 0 Å². The number of sulfone groups is 1. The Bertz CT molecular complexity index is 1120. The van der Waals surface area contributed by atoms with E-state index in [0.29, 0.717) is 12.5 Å². The van der Waals surface area contributed by atoms with Crippen LogP contribution in [0.3, 0.4) is 0 Å². The lowest BCUT2D eigenvalue weighted by Crippen LogP contribution is -2.27. The first kappa shape index (κ1) is 21.0. The smallest absolute Gasteiger partial charge is 0.258 e. The van der Waals surface area contributed by atoms with E-state index < -0.39 is 15.7 Å². The van der Waals surface area contributed by atoms with Crippen molar-refractivity contribution >= 4 is 32.7 Å². The molecule has 29 heavy (non-hydrogen) atoms. The fourth-order valence-electron chi connectivity index (χ4n) is 3.22. The molecule has 0 unspecified atom stereocenters. The summed E-state index contributed by atoms with van der Waals surface area (Å²) in [6, 6.07) is 13.7. The lowest BCUT2D eigenvalue weighted by atomic mass is 10.2. The van der Waals surface area contributed by atoms with Gasteiger partial charge in [0.25, 0.3) is 5.91 Å². The van der Waals surface area contributed by atoms with Crippen LogP contribution in [0.5, 0.6) is 0 Å². The topological polar surface area (TPSA) is 84.3 Å². The molecule has 1 heterocycles. The van der Waals surface area contributed by atoms with E-state index in [9.17, 15) is 13.2 Å². The summed E-state index contributed by atoms with van der Waals surface area (Å²) >= 11 is 0. The lowest BCUT2D eigenvalue weighted by molar-refractivity contribution is 0.102. The summed E-state index contributed by atoms with van der Waals surface area (Å²) < 4.78 is 25.6. The number of para-hydroxylation sites is 2. The molecule has 1 amide bonds. The summed E-state index contributed by atoms with van der Waals surface area (Å²) in [6.45, 7) is 7.65. The first-order valence-electron chi connectivity index (χ1n) is 9.62. The average molecular weight is 415 g/mol. The molecular formula is C21H26N4O3S. The minimum Gasteiger partial charge on any atom is -0.309 e. The Balaban J connectivity index is 1.91. The summed E-state index contributed by atoms with van der Waals surface area (Å²) in [7, 11) is -3.39. The van der Waals surface area contributed by atoms with Gasteiger partial charge in [-0.25, -0.2) is 13.4 Å². The van der Waals surface area contributed by atoms with E-state index in [1.807, 2.05) is 28.8 Å². The van der Waals surface area contributed by atoms with Crippen LogP contribution in [0, 0.1) is 0 Å². The Morgan fingerprint density at radius 3 is 2.52 bits per heavy atom. The molecule has 7 nitrogen and oxygen atoms in total. The van der Waals surface area contributed by atoms with Gasteiger partial charge < -0.3 is 9.47 Å². The fraction of sp³-hybridized carbons (Fsp3) is 0.333. The quantitative estimate of drug-likeness (QED) is 0.612. The molecular weight excluding hydrogens is 388 g/mol. The number of aromatic nitrogens is 2. The zero-order valence-corrected chi connectivity index (χ0v) is 17.7. The molecule has 8 heteroatoms. The molecule has 3 rings (SSSR count). The van der Waals surface area contributed by atoms with Gasteiger partial charge in [0, 0.05) is 24.9 Å². The predicted octanol–water partition coefficient (Wildman–Crippen LogP) is 3.03. The summed E-state index contributed by atoms with van der Waals surface area (Å²) in [4.78, 5) is 19.8. The zero-order chi connectivity index (χ0) is 21.0. The Hall–Kier alpha value is -2.71. The molecule has 0 radical (unpaired) electrons. The number of anilines is 1. The Labute approximate surface area is 171 Å². The van der Waals surface area contributed by atoms with Crippen LogP contribution in [-0.2, 0) is 16.4 Å². The maximum Gasteiger partial charge on any atom is 0.258 e. The van der Waals surface area contributed by atoms with E-state index in [1.54, 1.807) is 12.1 Å². The molecule has 1 N–H and O–H groups in total. The monoisotopic (exact) mass is 414 g/mol. The van der Waals surface area contributed by atoms with E-state index in [0.717, 1.165) is 36.9 Å². The summed E-state index contributed by atoms with van der Waals surface area (Å²) in [5, 5.41) is 2.85. The van der Waals surface area contributed by atoms with E-state index in [2.05, 4.69) is 29.0 Å². The second-order valence-electron chi connectivity index (χ2n) is 6.86. The molecule has 0 bridgehead atoms. The number of rotatable bonds is 8. The summed E-state index contributed by atoms with van der Waals surface area (Å²) in [5.74, 6) is 0.0583. The Kier molecular flexibility index (Phi) is 6.34. The summed E-state index contributed by atoms with van der Waals surface area (Å²) in [6.07, 6.45) is 1.12. The fourth-order valence-corrected chi connectivity index (χ4v) is 3.89. The van der Waals surface area contributed by atoms with Gasteiger partial charge in [-0.05, 0) is 43.4 Å². The van der Waals surface area contributed by atoms with Crippen molar-refractivity contribution in [3.63, 3.8) is 0 Å². The van der Waals surface area contributed by atoms with Gasteiger partial charge in [0.1, 0.15) is 0 Å². The van der Waals surface area contributed by atoms with Crippen molar-refractivity contribution in [2.45, 2.75) is 25.3 Å². The van der Waals surface area contributed by atoms with Crippen LogP contribution in [0.25, 0.3) is 11.0 Å². The lowest BCUT2D eigenvalue weighted by Gasteiger charge is -2.19. The Morgan fingerprint density at radius 2 is 1.83 bits per heavy atom. The van der Waals surface area contributed by atoms with E-state index in [-0.39, 0.29) is 10.5 Å². The van der Waals surface area contributed by atoms with E-state index in [1.165, 1.54) is 12.1 Å². The van der Waals surface area contributed by atoms with Gasteiger partial charge in [-0.3, -0.25) is 10.1 Å². The van der Waals surface area contributed by atoms with E-state index >= 15 is 0 Å². The highest BCUT2D eigenvalue weighted by atomic mass is 32.2. The molecule has 0 saturated heterocycles. The number of hydrogen-bond acceptors (Lipinski definition) is 5. The highest BCUT2D eigenvalue weighted by Crippen LogP contribution is 2.21. The number of nitrogens with zero attached hydrogens (tertiary/aromatic N) is 3. The molecule has 154 valence electrons. The molecule has 0 aliphatic carbocycles. The third-order valence-electron chi connectivity index (χ3n) is 4.94. The predicted molar refractivity (Wildman–Crippen MR) is 115 cm³/mol. The number of fused-ring (bicyclic) bond motifs is 1. The number of benzene rings is 2. The van der Waals surface area contributed by atoms with Crippen LogP contribution in [0.1, 0.15) is 24.2 Å². The molecule has 3 aromatic rings. The molecule has 2 aromatic carbocycles. The van der Waals surface area contributed by atoms with Crippen LogP contribution in [-0.4, -0.2) is 54.7 Å². The highest BCUT2D eigenvalue weighted by molar-refractivity contribution is 7.90. The van der Waals surface area contributed by atoms with Gasteiger partial charge in [-0.15, -0.1) is 0 Å². The number of likely N-dealkylation sites (N-methyl/N-ethyl adjacent to an activating group) is 1. The van der Waals surface area contributed by atoms with Crippen molar-refractivity contribution in [1.29, 1.82) is 0 Å². The molecule has 0 spiro atoms. The van der Waals surface area contributed by atoms with Gasteiger partial charge in [0.05, 0.1) is 15.9 Å². The van der Waals surface area contributed by atoms with Gasteiger partial charge in [0.15, 0.2) is 9.84 Å². The van der Waals surface area contributed by atoms with Gasteiger partial charge in [0.2, 0.25) is 5.95 Å². The zero-order valence-electron chi connectivity index (χ0n) is 16.9. The normalized spacial score (nSPS) is 11.9. The standard InChI is InChI=1S/C21H26N4O3S/c1-4-24(5-2)13-14-25-19-12-7-6-11-18(19)22-21(25)23-20(26)16-9-8-10-17(15-16)29(3,27)28/h6-12,15H,4-5,13-14H2,1-3H3,(H,22,23,26). The Morgan fingerprint density at radius 1 is 1.10 bits per heavy atom. The minimum atomic E-state index is -3.39.